The third-order valence-electron chi connectivity index (χ3n) is 4.71. The molecule has 0 fully saturated rings. The maximum Gasteiger partial charge on any atom is 0.472 e. The van der Waals surface area contributed by atoms with Gasteiger partial charge in [0.25, 0.3) is 6.47 Å². The minimum atomic E-state index is -4.29. The fraction of sp³-hybridized carbons (Fsp3) is 0.905. The lowest BCUT2D eigenvalue weighted by molar-refractivity contribution is -0.153. The second-order valence-corrected chi connectivity index (χ2v) is 9.02. The molecular formula is C21H42NO8P. The van der Waals surface area contributed by atoms with Crippen LogP contribution >= 0.6 is 7.82 Å². The molecule has 0 heterocycles. The first kappa shape index (κ1) is 30.0. The van der Waals surface area contributed by atoms with E-state index in [0.717, 1.165) is 19.3 Å². The zero-order valence-electron chi connectivity index (χ0n) is 19.0. The first-order valence-corrected chi connectivity index (χ1v) is 13.0. The fourth-order valence-electron chi connectivity index (χ4n) is 2.96. The van der Waals surface area contributed by atoms with E-state index in [1.807, 2.05) is 0 Å². The SMILES string of the molecule is CCCCCCCCCCCCCCC(=O)OC[C@H](COP(=O)(O)OCCN)OC=O. The summed E-state index contributed by atoms with van der Waals surface area (Å²) >= 11 is 0. The molecule has 0 aliphatic carbocycles. The van der Waals surface area contributed by atoms with Crippen LogP contribution in [-0.4, -0.2) is 49.8 Å². The summed E-state index contributed by atoms with van der Waals surface area (Å²) in [4.78, 5) is 31.8. The third kappa shape index (κ3) is 20.7. The van der Waals surface area contributed by atoms with Gasteiger partial charge in [0, 0.05) is 13.0 Å². The maximum atomic E-state index is 11.8. The number of ether oxygens (including phenoxy) is 2. The summed E-state index contributed by atoms with van der Waals surface area (Å²) in [6.07, 6.45) is 13.8. The molecule has 10 heteroatoms. The van der Waals surface area contributed by atoms with E-state index < -0.39 is 26.5 Å². The molecule has 1 unspecified atom stereocenters. The summed E-state index contributed by atoms with van der Waals surface area (Å²) in [5.74, 6) is -0.404. The standard InChI is InChI=1S/C21H42NO8P/c1-2-3-4-5-6-7-8-9-10-11-12-13-14-21(24)27-17-20(28-19-23)18-30-31(25,26)29-16-15-22/h19-20H,2-18,22H2,1H3,(H,25,26)/t20-/m1/s1. The second-order valence-electron chi connectivity index (χ2n) is 7.56. The lowest BCUT2D eigenvalue weighted by atomic mass is 10.0. The first-order valence-electron chi connectivity index (χ1n) is 11.5. The van der Waals surface area contributed by atoms with Gasteiger partial charge in [0.05, 0.1) is 13.2 Å². The molecule has 0 amide bonds. The molecule has 0 aliphatic heterocycles. The van der Waals surface area contributed by atoms with Gasteiger partial charge in [-0.2, -0.15) is 0 Å². The van der Waals surface area contributed by atoms with Gasteiger partial charge in [0.1, 0.15) is 6.61 Å². The summed E-state index contributed by atoms with van der Waals surface area (Å²) in [5.41, 5.74) is 5.18. The molecule has 0 aliphatic rings. The maximum absolute atomic E-state index is 11.8. The molecule has 0 aromatic heterocycles. The van der Waals surface area contributed by atoms with Crippen LogP contribution in [0.1, 0.15) is 90.4 Å². The van der Waals surface area contributed by atoms with Crippen molar-refractivity contribution in [2.75, 3.05) is 26.4 Å². The smallest absolute Gasteiger partial charge is 0.462 e. The summed E-state index contributed by atoms with van der Waals surface area (Å²) in [7, 11) is -4.29. The number of hydrogen-bond donors (Lipinski definition) is 2. The number of phosphoric ester groups is 1. The van der Waals surface area contributed by atoms with Gasteiger partial charge >= 0.3 is 13.8 Å². The Bertz CT molecular complexity index is 492. The summed E-state index contributed by atoms with van der Waals surface area (Å²) in [6.45, 7) is 1.60. The van der Waals surface area contributed by atoms with E-state index in [-0.39, 0.29) is 32.7 Å². The molecule has 0 aromatic rings. The zero-order valence-corrected chi connectivity index (χ0v) is 19.9. The quantitative estimate of drug-likeness (QED) is 0.0978. The molecule has 184 valence electrons. The molecule has 0 saturated carbocycles. The first-order chi connectivity index (χ1) is 14.9. The van der Waals surface area contributed by atoms with Gasteiger partial charge in [0.15, 0.2) is 6.10 Å². The highest BCUT2D eigenvalue weighted by Crippen LogP contribution is 2.42. The van der Waals surface area contributed by atoms with E-state index in [4.69, 9.17) is 19.7 Å². The predicted octanol–water partition coefficient (Wildman–Crippen LogP) is 4.25. The Labute approximate surface area is 186 Å². The van der Waals surface area contributed by atoms with Crippen LogP contribution in [0.2, 0.25) is 0 Å². The molecule has 0 aromatic carbocycles. The van der Waals surface area contributed by atoms with Crippen LogP contribution in [0.4, 0.5) is 0 Å². The molecule has 3 N–H and O–H groups in total. The number of rotatable bonds is 23. The van der Waals surface area contributed by atoms with Crippen molar-refractivity contribution in [2.45, 2.75) is 96.5 Å². The van der Waals surface area contributed by atoms with Crippen LogP contribution in [0.15, 0.2) is 0 Å². The molecule has 0 spiro atoms. The van der Waals surface area contributed by atoms with Crippen LogP contribution in [0.3, 0.4) is 0 Å². The van der Waals surface area contributed by atoms with Gasteiger partial charge in [-0.25, -0.2) is 4.57 Å². The average molecular weight is 468 g/mol. The van der Waals surface area contributed by atoms with Crippen molar-refractivity contribution in [1.29, 1.82) is 0 Å². The average Bonchev–Trinajstić information content (AvgIpc) is 2.75. The number of hydrogen-bond acceptors (Lipinski definition) is 8. The number of nitrogens with two attached hydrogens (primary N) is 1. The molecular weight excluding hydrogens is 425 g/mol. The summed E-state index contributed by atoms with van der Waals surface area (Å²) in [6, 6.07) is 0. The number of carbonyl (C=O) groups is 2. The molecule has 31 heavy (non-hydrogen) atoms. The summed E-state index contributed by atoms with van der Waals surface area (Å²) < 4.78 is 30.6. The monoisotopic (exact) mass is 467 g/mol. The topological polar surface area (TPSA) is 134 Å². The number of unbranched alkanes of at least 4 members (excludes halogenated alkanes) is 11. The van der Waals surface area contributed by atoms with Crippen molar-refractivity contribution < 1.29 is 37.6 Å². The van der Waals surface area contributed by atoms with Crippen molar-refractivity contribution in [2.24, 2.45) is 5.73 Å². The van der Waals surface area contributed by atoms with Crippen LogP contribution in [-0.2, 0) is 32.7 Å². The largest absolute Gasteiger partial charge is 0.472 e. The molecule has 0 radical (unpaired) electrons. The molecule has 0 saturated heterocycles. The molecule has 2 atom stereocenters. The highest BCUT2D eigenvalue weighted by molar-refractivity contribution is 7.47. The minimum absolute atomic E-state index is 0.0545. The van der Waals surface area contributed by atoms with Gasteiger partial charge in [-0.15, -0.1) is 0 Å². The van der Waals surface area contributed by atoms with Crippen LogP contribution in [0, 0.1) is 0 Å². The van der Waals surface area contributed by atoms with E-state index in [2.05, 4.69) is 11.4 Å². The summed E-state index contributed by atoms with van der Waals surface area (Å²) in [5, 5.41) is 0. The van der Waals surface area contributed by atoms with Crippen molar-refractivity contribution in [3.05, 3.63) is 0 Å². The highest BCUT2D eigenvalue weighted by atomic mass is 31.2. The Balaban J connectivity index is 3.74. The molecule has 9 nitrogen and oxygen atoms in total. The van der Waals surface area contributed by atoms with Crippen molar-refractivity contribution in [3.8, 4) is 0 Å². The lowest BCUT2D eigenvalue weighted by Crippen LogP contribution is -2.26. The fourth-order valence-corrected chi connectivity index (χ4v) is 3.72. The van der Waals surface area contributed by atoms with Crippen LogP contribution < -0.4 is 5.73 Å². The predicted molar refractivity (Wildman–Crippen MR) is 118 cm³/mol. The Hall–Kier alpha value is -0.990. The number of esters is 1. The van der Waals surface area contributed by atoms with Gasteiger partial charge in [-0.1, -0.05) is 77.6 Å². The van der Waals surface area contributed by atoms with Crippen molar-refractivity contribution in [1.82, 2.24) is 0 Å². The lowest BCUT2D eigenvalue weighted by Gasteiger charge is -2.17. The minimum Gasteiger partial charge on any atom is -0.462 e. The Kier molecular flexibility index (Phi) is 20.2. The van der Waals surface area contributed by atoms with Gasteiger partial charge in [-0.05, 0) is 6.42 Å². The second kappa shape index (κ2) is 20.9. The van der Waals surface area contributed by atoms with E-state index in [1.54, 1.807) is 0 Å². The van der Waals surface area contributed by atoms with E-state index >= 15 is 0 Å². The normalized spacial score (nSPS) is 14.0. The number of phosphoric acid groups is 1. The van der Waals surface area contributed by atoms with Crippen LogP contribution in [0.5, 0.6) is 0 Å². The van der Waals surface area contributed by atoms with Crippen molar-refractivity contribution >= 4 is 20.3 Å². The van der Waals surface area contributed by atoms with Gasteiger partial charge < -0.3 is 20.1 Å². The van der Waals surface area contributed by atoms with E-state index in [1.165, 1.54) is 57.8 Å². The Morgan fingerprint density at radius 3 is 2.00 bits per heavy atom. The zero-order chi connectivity index (χ0) is 23.2. The van der Waals surface area contributed by atoms with Crippen LogP contribution in [0.25, 0.3) is 0 Å². The number of carbonyl (C=O) groups excluding carboxylic acids is 2. The third-order valence-corrected chi connectivity index (χ3v) is 5.69. The molecule has 0 bridgehead atoms. The Morgan fingerprint density at radius 1 is 0.935 bits per heavy atom. The highest BCUT2D eigenvalue weighted by Gasteiger charge is 2.24. The van der Waals surface area contributed by atoms with E-state index in [0.29, 0.717) is 0 Å². The van der Waals surface area contributed by atoms with Crippen molar-refractivity contribution in [3.63, 3.8) is 0 Å². The Morgan fingerprint density at radius 2 is 1.48 bits per heavy atom. The molecule has 0 rings (SSSR count). The van der Waals surface area contributed by atoms with E-state index in [9.17, 15) is 19.0 Å². The van der Waals surface area contributed by atoms with Gasteiger partial charge in [-0.3, -0.25) is 18.6 Å². The van der Waals surface area contributed by atoms with Gasteiger partial charge in [0.2, 0.25) is 0 Å².